The van der Waals surface area contributed by atoms with Crippen molar-refractivity contribution in [2.75, 3.05) is 0 Å². The van der Waals surface area contributed by atoms with Gasteiger partial charge >= 0.3 is 0 Å². The van der Waals surface area contributed by atoms with E-state index in [1.54, 1.807) is 23.6 Å². The van der Waals surface area contributed by atoms with E-state index in [-0.39, 0.29) is 22.7 Å². The van der Waals surface area contributed by atoms with Crippen molar-refractivity contribution in [3.63, 3.8) is 0 Å². The molecule has 4 rings (SSSR count). The van der Waals surface area contributed by atoms with E-state index in [9.17, 15) is 9.18 Å². The first-order chi connectivity index (χ1) is 11.5. The topological polar surface area (TPSA) is 39.8 Å². The van der Waals surface area contributed by atoms with Gasteiger partial charge in [-0.15, -0.1) is 11.3 Å². The number of hydrogen-bond donors (Lipinski definition) is 0. The van der Waals surface area contributed by atoms with Crippen LogP contribution in [0.5, 0.6) is 0 Å². The Kier molecular flexibility index (Phi) is 3.47. The van der Waals surface area contributed by atoms with Crippen LogP contribution in [0.1, 0.15) is 10.4 Å². The summed E-state index contributed by atoms with van der Waals surface area (Å²) >= 11 is 7.69. The maximum absolute atomic E-state index is 14.0. The van der Waals surface area contributed by atoms with Gasteiger partial charge in [0, 0.05) is 27.9 Å². The second-order valence-corrected chi connectivity index (χ2v) is 7.36. The number of nitrogens with zero attached hydrogens (tertiary/aromatic N) is 3. The van der Waals surface area contributed by atoms with Gasteiger partial charge in [-0.25, -0.2) is 9.07 Å². The molecule has 0 aliphatic carbocycles. The van der Waals surface area contributed by atoms with Crippen molar-refractivity contribution >= 4 is 44.1 Å². The first-order valence-corrected chi connectivity index (χ1v) is 8.54. The molecule has 7 heteroatoms. The summed E-state index contributed by atoms with van der Waals surface area (Å²) in [6.45, 7) is 2.03. The molecule has 0 radical (unpaired) electrons. The molecule has 1 aromatic carbocycles. The van der Waals surface area contributed by atoms with E-state index >= 15 is 0 Å². The second-order valence-electron chi connectivity index (χ2n) is 5.70. The molecule has 24 heavy (non-hydrogen) atoms. The molecule has 0 spiro atoms. The fourth-order valence-corrected chi connectivity index (χ4v) is 4.25. The van der Waals surface area contributed by atoms with Gasteiger partial charge in [0.15, 0.2) is 0 Å². The van der Waals surface area contributed by atoms with E-state index in [1.807, 2.05) is 18.5 Å². The molecule has 0 aliphatic rings. The first kappa shape index (κ1) is 15.4. The number of halogens is 2. The minimum atomic E-state index is -0.445. The second kappa shape index (κ2) is 5.43. The summed E-state index contributed by atoms with van der Waals surface area (Å²) in [6, 6.07) is 6.52. The van der Waals surface area contributed by atoms with Crippen LogP contribution < -0.4 is 5.56 Å². The van der Waals surface area contributed by atoms with Gasteiger partial charge in [-0.3, -0.25) is 4.79 Å². The monoisotopic (exact) mass is 361 g/mol. The van der Waals surface area contributed by atoms with E-state index in [2.05, 4.69) is 11.2 Å². The Morgan fingerprint density at radius 2 is 2.17 bits per heavy atom. The Balaban J connectivity index is 1.93. The molecule has 0 atom stereocenters. The largest absolute Gasteiger partial charge is 0.338 e. The zero-order valence-corrected chi connectivity index (χ0v) is 14.6. The number of thiophene rings is 1. The number of aryl methyl sites for hydroxylation is 2. The van der Waals surface area contributed by atoms with Crippen LogP contribution in [0.15, 0.2) is 35.3 Å². The van der Waals surface area contributed by atoms with Crippen LogP contribution in [0.4, 0.5) is 4.39 Å². The lowest BCUT2D eigenvalue weighted by atomic mass is 10.2. The number of fused-ring (bicyclic) bond motifs is 3. The van der Waals surface area contributed by atoms with Crippen LogP contribution in [-0.4, -0.2) is 14.3 Å². The minimum absolute atomic E-state index is 0.00185. The molecule has 0 amide bonds. The molecule has 4 nitrogen and oxygen atoms in total. The SMILES string of the molecule is Cc1cc2c(s1)c1cnn(Cc3c(F)cccc3Cl)c(=O)c1n2C. The van der Waals surface area contributed by atoms with Gasteiger partial charge in [-0.2, -0.15) is 5.10 Å². The first-order valence-electron chi connectivity index (χ1n) is 7.35. The van der Waals surface area contributed by atoms with Gasteiger partial charge in [-0.05, 0) is 25.1 Å². The van der Waals surface area contributed by atoms with Gasteiger partial charge in [0.2, 0.25) is 0 Å². The molecular formula is C17H13ClFN3OS. The Bertz CT molecular complexity index is 1140. The summed E-state index contributed by atoms with van der Waals surface area (Å²) in [5.74, 6) is -0.445. The van der Waals surface area contributed by atoms with E-state index in [4.69, 9.17) is 11.6 Å². The molecular weight excluding hydrogens is 349 g/mol. The normalized spacial score (nSPS) is 11.7. The van der Waals surface area contributed by atoms with Crippen molar-refractivity contribution in [2.45, 2.75) is 13.5 Å². The zero-order chi connectivity index (χ0) is 17.0. The third kappa shape index (κ3) is 2.17. The van der Waals surface area contributed by atoms with Crippen LogP contribution in [0, 0.1) is 12.7 Å². The highest BCUT2D eigenvalue weighted by Gasteiger charge is 2.17. The van der Waals surface area contributed by atoms with Crippen molar-refractivity contribution in [3.05, 3.63) is 62.1 Å². The van der Waals surface area contributed by atoms with Gasteiger partial charge in [-0.1, -0.05) is 17.7 Å². The number of rotatable bonds is 2. The highest BCUT2D eigenvalue weighted by atomic mass is 35.5. The Morgan fingerprint density at radius 3 is 2.92 bits per heavy atom. The van der Waals surface area contributed by atoms with Crippen molar-refractivity contribution in [2.24, 2.45) is 7.05 Å². The molecule has 4 aromatic rings. The van der Waals surface area contributed by atoms with Gasteiger partial charge in [0.05, 0.1) is 23.0 Å². The minimum Gasteiger partial charge on any atom is -0.338 e. The molecule has 0 saturated carbocycles. The molecule has 0 fully saturated rings. The lowest BCUT2D eigenvalue weighted by Gasteiger charge is -2.08. The van der Waals surface area contributed by atoms with Crippen LogP contribution in [0.2, 0.25) is 5.02 Å². The van der Waals surface area contributed by atoms with E-state index in [0.29, 0.717) is 5.52 Å². The molecule has 3 aromatic heterocycles. The smallest absolute Gasteiger partial charge is 0.291 e. The van der Waals surface area contributed by atoms with Crippen LogP contribution >= 0.6 is 22.9 Å². The molecule has 0 N–H and O–H groups in total. The highest BCUT2D eigenvalue weighted by Crippen LogP contribution is 2.32. The van der Waals surface area contributed by atoms with Crippen LogP contribution in [0.25, 0.3) is 21.1 Å². The average Bonchev–Trinajstić information content (AvgIpc) is 3.03. The molecule has 3 heterocycles. The summed E-state index contributed by atoms with van der Waals surface area (Å²) < 4.78 is 18.2. The van der Waals surface area contributed by atoms with Crippen LogP contribution in [-0.2, 0) is 13.6 Å². The van der Waals surface area contributed by atoms with Gasteiger partial charge in [0.1, 0.15) is 11.3 Å². The molecule has 122 valence electrons. The van der Waals surface area contributed by atoms with E-state index in [1.165, 1.54) is 21.7 Å². The van der Waals surface area contributed by atoms with Crippen molar-refractivity contribution in [1.82, 2.24) is 14.3 Å². The van der Waals surface area contributed by atoms with Gasteiger partial charge < -0.3 is 4.57 Å². The highest BCUT2D eigenvalue weighted by molar-refractivity contribution is 7.20. The number of hydrogen-bond acceptors (Lipinski definition) is 3. The van der Waals surface area contributed by atoms with Crippen molar-refractivity contribution in [1.29, 1.82) is 0 Å². The summed E-state index contributed by atoms with van der Waals surface area (Å²) in [5.41, 5.74) is 1.59. The molecule has 0 bridgehead atoms. The van der Waals surface area contributed by atoms with E-state index < -0.39 is 5.82 Å². The van der Waals surface area contributed by atoms with Crippen LogP contribution in [0.3, 0.4) is 0 Å². The van der Waals surface area contributed by atoms with Crippen molar-refractivity contribution < 1.29 is 4.39 Å². The fraction of sp³-hybridized carbons (Fsp3) is 0.176. The molecule has 0 saturated heterocycles. The number of aromatic nitrogens is 3. The Hall–Kier alpha value is -2.18. The maximum atomic E-state index is 14.0. The predicted molar refractivity (Wildman–Crippen MR) is 95.6 cm³/mol. The predicted octanol–water partition coefficient (Wildman–Crippen LogP) is 4.10. The third-order valence-electron chi connectivity index (χ3n) is 4.16. The summed E-state index contributed by atoms with van der Waals surface area (Å²) in [6.07, 6.45) is 1.67. The summed E-state index contributed by atoms with van der Waals surface area (Å²) in [5, 5.41) is 5.34. The van der Waals surface area contributed by atoms with E-state index in [0.717, 1.165) is 15.6 Å². The molecule has 0 unspecified atom stereocenters. The van der Waals surface area contributed by atoms with Crippen molar-refractivity contribution in [3.8, 4) is 0 Å². The zero-order valence-electron chi connectivity index (χ0n) is 13.0. The summed E-state index contributed by atoms with van der Waals surface area (Å²) in [4.78, 5) is 14.0. The van der Waals surface area contributed by atoms with Gasteiger partial charge in [0.25, 0.3) is 5.56 Å². The Labute approximate surface area is 145 Å². The lowest BCUT2D eigenvalue weighted by molar-refractivity contribution is 0.574. The average molecular weight is 362 g/mol. The number of benzene rings is 1. The standard InChI is InChI=1S/C17H13ClFN3OS/c1-9-6-14-16(24-9)10-7-20-22(17(23)15(10)21(14)2)8-11-12(18)4-3-5-13(11)19/h3-7H,8H2,1-2H3. The summed E-state index contributed by atoms with van der Waals surface area (Å²) in [7, 11) is 1.86. The third-order valence-corrected chi connectivity index (χ3v) is 5.59. The Morgan fingerprint density at radius 1 is 1.38 bits per heavy atom. The molecule has 0 aliphatic heterocycles. The lowest BCUT2D eigenvalue weighted by Crippen LogP contribution is -2.25. The fourth-order valence-electron chi connectivity index (χ4n) is 2.98. The maximum Gasteiger partial charge on any atom is 0.291 e. The quantitative estimate of drug-likeness (QED) is 0.539.